The van der Waals surface area contributed by atoms with Gasteiger partial charge in [0.05, 0.1) is 0 Å². The van der Waals surface area contributed by atoms with Crippen LogP contribution in [0.15, 0.2) is 0 Å². The van der Waals surface area contributed by atoms with E-state index in [0.29, 0.717) is 13.0 Å². The third-order valence-electron chi connectivity index (χ3n) is 3.61. The molecule has 0 aromatic rings. The van der Waals surface area contributed by atoms with Crippen molar-refractivity contribution in [2.75, 3.05) is 13.1 Å². The second-order valence-electron chi connectivity index (χ2n) is 6.82. The van der Waals surface area contributed by atoms with E-state index in [-0.39, 0.29) is 5.91 Å². The molecule has 2 N–H and O–H groups in total. The van der Waals surface area contributed by atoms with Gasteiger partial charge in [0.2, 0.25) is 5.91 Å². The third-order valence-corrected chi connectivity index (χ3v) is 3.61. The monoisotopic (exact) mass is 298 g/mol. The van der Waals surface area contributed by atoms with E-state index in [4.69, 9.17) is 4.74 Å². The van der Waals surface area contributed by atoms with Gasteiger partial charge in [-0.2, -0.15) is 0 Å². The van der Waals surface area contributed by atoms with Crippen molar-refractivity contribution in [3.8, 4) is 0 Å². The molecule has 0 bridgehead atoms. The Labute approximate surface area is 128 Å². The summed E-state index contributed by atoms with van der Waals surface area (Å²) in [6.07, 6.45) is 7.54. The number of hydrogen-bond acceptors (Lipinski definition) is 3. The Balaban J connectivity index is 1.97. The molecular weight excluding hydrogens is 268 g/mol. The molecule has 5 nitrogen and oxygen atoms in total. The smallest absolute Gasteiger partial charge is 0.407 e. The number of ether oxygens (including phenoxy) is 1. The first-order valence-corrected chi connectivity index (χ1v) is 8.10. The quantitative estimate of drug-likeness (QED) is 0.710. The maximum Gasteiger partial charge on any atom is 0.407 e. The lowest BCUT2D eigenvalue weighted by atomic mass is 10.0. The van der Waals surface area contributed by atoms with Gasteiger partial charge in [0.1, 0.15) is 5.60 Å². The lowest BCUT2D eigenvalue weighted by Gasteiger charge is -2.19. The largest absolute Gasteiger partial charge is 0.444 e. The molecule has 21 heavy (non-hydrogen) atoms. The number of alkyl carbamates (subject to hydrolysis) is 1. The molecule has 0 unspecified atom stereocenters. The van der Waals surface area contributed by atoms with Crippen molar-refractivity contribution >= 4 is 12.0 Å². The molecule has 0 aliphatic heterocycles. The van der Waals surface area contributed by atoms with Crippen molar-refractivity contribution < 1.29 is 14.3 Å². The summed E-state index contributed by atoms with van der Waals surface area (Å²) in [5.41, 5.74) is -0.507. The van der Waals surface area contributed by atoms with Gasteiger partial charge in [-0.25, -0.2) is 4.79 Å². The number of hydrogen-bond donors (Lipinski definition) is 2. The second-order valence-corrected chi connectivity index (χ2v) is 6.82. The Kier molecular flexibility index (Phi) is 7.54. The molecule has 0 saturated heterocycles. The standard InChI is InChI=1S/C16H30N2O3/c1-16(2,3)21-15(20)18-12-10-14(19)17-11-6-9-13-7-4-5-8-13/h13H,4-12H2,1-3H3,(H,17,19)(H,18,20). The van der Waals surface area contributed by atoms with Gasteiger partial charge in [-0.1, -0.05) is 25.7 Å². The van der Waals surface area contributed by atoms with Crippen molar-refractivity contribution in [3.63, 3.8) is 0 Å². The number of amides is 2. The van der Waals surface area contributed by atoms with Crippen molar-refractivity contribution in [2.24, 2.45) is 5.92 Å². The summed E-state index contributed by atoms with van der Waals surface area (Å²) in [4.78, 5) is 23.0. The molecule has 122 valence electrons. The van der Waals surface area contributed by atoms with Crippen LogP contribution in [-0.4, -0.2) is 30.7 Å². The molecule has 0 radical (unpaired) electrons. The van der Waals surface area contributed by atoms with Crippen LogP contribution in [0.4, 0.5) is 4.79 Å². The third kappa shape index (κ3) is 9.32. The van der Waals surface area contributed by atoms with Crippen molar-refractivity contribution in [2.45, 2.75) is 71.3 Å². The molecule has 0 spiro atoms. The summed E-state index contributed by atoms with van der Waals surface area (Å²) in [6.45, 7) is 6.47. The lowest BCUT2D eigenvalue weighted by Crippen LogP contribution is -2.35. The first-order chi connectivity index (χ1) is 9.87. The normalized spacial score (nSPS) is 15.8. The summed E-state index contributed by atoms with van der Waals surface area (Å²) >= 11 is 0. The van der Waals surface area contributed by atoms with Gasteiger partial charge >= 0.3 is 6.09 Å². The van der Waals surface area contributed by atoms with Crippen LogP contribution in [0.2, 0.25) is 0 Å². The average Bonchev–Trinajstić information content (AvgIpc) is 2.85. The molecule has 0 aromatic heterocycles. The maximum atomic E-state index is 11.6. The zero-order chi connectivity index (χ0) is 15.7. The minimum absolute atomic E-state index is 0.0162. The summed E-state index contributed by atoms with van der Waals surface area (Å²) in [5, 5.41) is 5.48. The first-order valence-electron chi connectivity index (χ1n) is 8.10. The number of nitrogens with one attached hydrogen (secondary N) is 2. The number of carbonyl (C=O) groups is 2. The van der Waals surface area contributed by atoms with E-state index in [1.807, 2.05) is 20.8 Å². The zero-order valence-corrected chi connectivity index (χ0v) is 13.7. The molecule has 0 aromatic carbocycles. The summed E-state index contributed by atoms with van der Waals surface area (Å²) in [6, 6.07) is 0. The number of rotatable bonds is 7. The molecular formula is C16H30N2O3. The van der Waals surface area contributed by atoms with Crippen molar-refractivity contribution in [3.05, 3.63) is 0 Å². The van der Waals surface area contributed by atoms with E-state index in [1.165, 1.54) is 32.1 Å². The molecule has 1 aliphatic rings. The highest BCUT2D eigenvalue weighted by atomic mass is 16.6. The van der Waals surface area contributed by atoms with Crippen LogP contribution < -0.4 is 10.6 Å². The van der Waals surface area contributed by atoms with Gasteiger partial charge in [0.15, 0.2) is 0 Å². The van der Waals surface area contributed by atoms with Crippen LogP contribution >= 0.6 is 0 Å². The fourth-order valence-electron chi connectivity index (χ4n) is 2.60. The van der Waals surface area contributed by atoms with E-state index in [1.54, 1.807) is 0 Å². The van der Waals surface area contributed by atoms with Crippen LogP contribution in [0.25, 0.3) is 0 Å². The number of carbonyl (C=O) groups excluding carboxylic acids is 2. The predicted molar refractivity (Wildman–Crippen MR) is 83.1 cm³/mol. The topological polar surface area (TPSA) is 67.4 Å². The van der Waals surface area contributed by atoms with Gasteiger partial charge in [-0.3, -0.25) is 4.79 Å². The van der Waals surface area contributed by atoms with E-state index >= 15 is 0 Å². The van der Waals surface area contributed by atoms with Gasteiger partial charge in [0.25, 0.3) is 0 Å². The fraction of sp³-hybridized carbons (Fsp3) is 0.875. The van der Waals surface area contributed by atoms with Crippen LogP contribution in [0, 0.1) is 5.92 Å². The van der Waals surface area contributed by atoms with Gasteiger partial charge in [-0.15, -0.1) is 0 Å². The van der Waals surface area contributed by atoms with Crippen LogP contribution in [0.3, 0.4) is 0 Å². The van der Waals surface area contributed by atoms with Gasteiger partial charge in [-0.05, 0) is 39.5 Å². The van der Waals surface area contributed by atoms with Gasteiger partial charge in [0, 0.05) is 19.5 Å². The SMILES string of the molecule is CC(C)(C)OC(=O)NCCC(=O)NCCCC1CCCC1. The molecule has 1 aliphatic carbocycles. The molecule has 1 saturated carbocycles. The fourth-order valence-corrected chi connectivity index (χ4v) is 2.60. The Morgan fingerprint density at radius 3 is 2.38 bits per heavy atom. The molecule has 2 amide bonds. The van der Waals surface area contributed by atoms with Crippen LogP contribution in [-0.2, 0) is 9.53 Å². The van der Waals surface area contributed by atoms with E-state index in [0.717, 1.165) is 18.9 Å². The first kappa shape index (κ1) is 17.8. The summed E-state index contributed by atoms with van der Waals surface area (Å²) in [7, 11) is 0. The highest BCUT2D eigenvalue weighted by molar-refractivity contribution is 5.76. The second kappa shape index (κ2) is 8.90. The Morgan fingerprint density at radius 2 is 1.76 bits per heavy atom. The van der Waals surface area contributed by atoms with Crippen molar-refractivity contribution in [1.82, 2.24) is 10.6 Å². The van der Waals surface area contributed by atoms with E-state index < -0.39 is 11.7 Å². The van der Waals surface area contributed by atoms with E-state index in [9.17, 15) is 9.59 Å². The summed E-state index contributed by atoms with van der Waals surface area (Å²) < 4.78 is 5.09. The van der Waals surface area contributed by atoms with Gasteiger partial charge < -0.3 is 15.4 Å². The lowest BCUT2D eigenvalue weighted by molar-refractivity contribution is -0.120. The average molecular weight is 298 g/mol. The highest BCUT2D eigenvalue weighted by Crippen LogP contribution is 2.28. The minimum atomic E-state index is -0.507. The molecule has 1 fully saturated rings. The Morgan fingerprint density at radius 1 is 1.10 bits per heavy atom. The van der Waals surface area contributed by atoms with E-state index in [2.05, 4.69) is 10.6 Å². The Bertz CT molecular complexity index is 331. The molecule has 1 rings (SSSR count). The highest BCUT2D eigenvalue weighted by Gasteiger charge is 2.16. The molecule has 5 heteroatoms. The van der Waals surface area contributed by atoms with Crippen LogP contribution in [0.1, 0.15) is 65.7 Å². The maximum absolute atomic E-state index is 11.6. The van der Waals surface area contributed by atoms with Crippen molar-refractivity contribution in [1.29, 1.82) is 0 Å². The zero-order valence-electron chi connectivity index (χ0n) is 13.7. The Hall–Kier alpha value is -1.26. The minimum Gasteiger partial charge on any atom is -0.444 e. The molecule has 0 heterocycles. The molecule has 0 atom stereocenters. The predicted octanol–water partition coefficient (Wildman–Crippen LogP) is 2.99. The van der Waals surface area contributed by atoms with Crippen LogP contribution in [0.5, 0.6) is 0 Å². The summed E-state index contributed by atoms with van der Waals surface area (Å²) in [5.74, 6) is 0.855.